The number of aryl methyl sites for hydroxylation is 1. The van der Waals surface area contributed by atoms with Crippen molar-refractivity contribution in [1.29, 1.82) is 0 Å². The molecule has 0 heterocycles. The summed E-state index contributed by atoms with van der Waals surface area (Å²) >= 11 is 1.98. The minimum Gasteiger partial charge on any atom is -0.744 e. The van der Waals surface area contributed by atoms with Gasteiger partial charge in [0.15, 0.2) is 6.61 Å². The van der Waals surface area contributed by atoms with Gasteiger partial charge >= 0.3 is 11.9 Å². The third-order valence-electron chi connectivity index (χ3n) is 3.84. The predicted octanol–water partition coefficient (Wildman–Crippen LogP) is 3.39. The monoisotopic (exact) mass is 517 g/mol. The Morgan fingerprint density at radius 1 is 1.18 bits per heavy atom. The van der Waals surface area contributed by atoms with Gasteiger partial charge in [-0.05, 0) is 70.8 Å². The summed E-state index contributed by atoms with van der Waals surface area (Å²) in [6.07, 6.45) is 0. The number of carbonyl (C=O) groups excluding carboxylic acids is 2. The van der Waals surface area contributed by atoms with E-state index in [1.54, 1.807) is 38.1 Å². The van der Waals surface area contributed by atoms with Crippen molar-refractivity contribution in [2.75, 3.05) is 6.61 Å². The fraction of sp³-hybridized carbons (Fsp3) is 0.263. The van der Waals surface area contributed by atoms with Crippen molar-refractivity contribution in [2.45, 2.75) is 31.6 Å². The van der Waals surface area contributed by atoms with E-state index in [0.717, 1.165) is 0 Å². The molecule has 0 amide bonds. The van der Waals surface area contributed by atoms with Crippen LogP contribution in [0.15, 0.2) is 41.3 Å². The van der Waals surface area contributed by atoms with Gasteiger partial charge in [-0.1, -0.05) is 26.0 Å². The fourth-order valence-electron chi connectivity index (χ4n) is 2.44. The van der Waals surface area contributed by atoms with Gasteiger partial charge in [0, 0.05) is 3.57 Å². The highest BCUT2D eigenvalue weighted by atomic mass is 127. The van der Waals surface area contributed by atoms with Crippen molar-refractivity contribution in [3.8, 4) is 5.75 Å². The van der Waals surface area contributed by atoms with Crippen LogP contribution in [-0.4, -0.2) is 31.5 Å². The summed E-state index contributed by atoms with van der Waals surface area (Å²) in [5.74, 6) is -1.66. The van der Waals surface area contributed by atoms with Crippen molar-refractivity contribution >= 4 is 44.6 Å². The molecule has 0 atom stereocenters. The molecule has 2 aromatic rings. The first kappa shape index (κ1) is 22.3. The minimum absolute atomic E-state index is 0.103. The van der Waals surface area contributed by atoms with E-state index < -0.39 is 28.7 Å². The average Bonchev–Trinajstić information content (AvgIpc) is 2.60. The second-order valence-electron chi connectivity index (χ2n) is 6.29. The van der Waals surface area contributed by atoms with E-state index in [9.17, 15) is 22.6 Å². The van der Waals surface area contributed by atoms with Gasteiger partial charge in [0.1, 0.15) is 15.9 Å². The number of hydrogen-bond donors (Lipinski definition) is 0. The van der Waals surface area contributed by atoms with Gasteiger partial charge in [0.05, 0.1) is 10.5 Å². The second kappa shape index (κ2) is 9.01. The highest BCUT2D eigenvalue weighted by Crippen LogP contribution is 2.31. The Kier molecular flexibility index (Phi) is 7.18. The van der Waals surface area contributed by atoms with Gasteiger partial charge in [0.2, 0.25) is 0 Å². The quantitative estimate of drug-likeness (QED) is 0.250. The second-order valence-corrected chi connectivity index (χ2v) is 8.80. The van der Waals surface area contributed by atoms with Crippen molar-refractivity contribution in [3.63, 3.8) is 0 Å². The lowest BCUT2D eigenvalue weighted by molar-refractivity contribution is -0.137. The van der Waals surface area contributed by atoms with Gasteiger partial charge in [-0.3, -0.25) is 0 Å². The molecular formula is C19H18IO7S-. The fourth-order valence-corrected chi connectivity index (χ4v) is 3.95. The maximum absolute atomic E-state index is 12.1. The summed E-state index contributed by atoms with van der Waals surface area (Å²) in [6.45, 7) is 4.34. The smallest absolute Gasteiger partial charge is 0.349 e. The van der Waals surface area contributed by atoms with E-state index in [0.29, 0.717) is 14.7 Å². The van der Waals surface area contributed by atoms with Crippen LogP contribution in [0.1, 0.15) is 41.3 Å². The van der Waals surface area contributed by atoms with Crippen molar-refractivity contribution in [3.05, 3.63) is 56.7 Å². The number of carbonyl (C=O) groups is 2. The van der Waals surface area contributed by atoms with Crippen molar-refractivity contribution in [2.24, 2.45) is 0 Å². The van der Waals surface area contributed by atoms with Crippen LogP contribution in [0, 0.1) is 10.5 Å². The zero-order valence-corrected chi connectivity index (χ0v) is 18.4. The molecule has 0 spiro atoms. The van der Waals surface area contributed by atoms with E-state index in [4.69, 9.17) is 9.47 Å². The van der Waals surface area contributed by atoms with E-state index in [2.05, 4.69) is 0 Å². The molecular weight excluding hydrogens is 499 g/mol. The summed E-state index contributed by atoms with van der Waals surface area (Å²) in [5.41, 5.74) is 0.884. The predicted molar refractivity (Wildman–Crippen MR) is 108 cm³/mol. The molecule has 2 aromatic carbocycles. The number of hydrogen-bond acceptors (Lipinski definition) is 7. The number of ether oxygens (including phenoxy) is 2. The molecule has 0 N–H and O–H groups in total. The molecule has 0 aliphatic heterocycles. The summed E-state index contributed by atoms with van der Waals surface area (Å²) in [6, 6.07) is 9.30. The molecule has 7 nitrogen and oxygen atoms in total. The molecule has 0 saturated heterocycles. The van der Waals surface area contributed by atoms with Crippen LogP contribution in [0.3, 0.4) is 0 Å². The largest absolute Gasteiger partial charge is 0.744 e. The summed E-state index contributed by atoms with van der Waals surface area (Å²) in [4.78, 5) is 23.8. The molecule has 0 radical (unpaired) electrons. The van der Waals surface area contributed by atoms with Crippen LogP contribution in [0.25, 0.3) is 0 Å². The van der Waals surface area contributed by atoms with Gasteiger partial charge in [-0.25, -0.2) is 18.0 Å². The SMILES string of the molecule is Cc1cc(S(=O)(=O)[O-])c(C(C)C)cc1OC(=O)COC(=O)c1ccccc1I. The highest BCUT2D eigenvalue weighted by molar-refractivity contribution is 14.1. The lowest BCUT2D eigenvalue weighted by atomic mass is 10.0. The summed E-state index contributed by atoms with van der Waals surface area (Å²) in [5, 5.41) is 0. The lowest BCUT2D eigenvalue weighted by Gasteiger charge is -2.18. The molecule has 0 aliphatic carbocycles. The van der Waals surface area contributed by atoms with Crippen LogP contribution in [0.2, 0.25) is 0 Å². The zero-order valence-electron chi connectivity index (χ0n) is 15.4. The van der Waals surface area contributed by atoms with Gasteiger partial charge in [-0.2, -0.15) is 0 Å². The number of esters is 2. The minimum atomic E-state index is -4.66. The van der Waals surface area contributed by atoms with Crippen LogP contribution in [0.5, 0.6) is 5.75 Å². The molecule has 9 heteroatoms. The van der Waals surface area contributed by atoms with Crippen LogP contribution in [-0.2, 0) is 19.6 Å². The van der Waals surface area contributed by atoms with Crippen molar-refractivity contribution < 1.29 is 32.0 Å². The average molecular weight is 517 g/mol. The maximum atomic E-state index is 12.1. The molecule has 2 rings (SSSR count). The molecule has 0 aromatic heterocycles. The Balaban J connectivity index is 2.15. The molecule has 0 aliphatic rings. The number of rotatable bonds is 6. The summed E-state index contributed by atoms with van der Waals surface area (Å²) < 4.78 is 45.3. The zero-order chi connectivity index (χ0) is 21.1. The number of halogens is 1. The lowest BCUT2D eigenvalue weighted by Crippen LogP contribution is -2.20. The van der Waals surface area contributed by atoms with Crippen LogP contribution in [0.4, 0.5) is 0 Å². The Hall–Kier alpha value is -1.98. The van der Waals surface area contributed by atoms with Crippen molar-refractivity contribution in [1.82, 2.24) is 0 Å². The van der Waals surface area contributed by atoms with E-state index >= 15 is 0 Å². The highest BCUT2D eigenvalue weighted by Gasteiger charge is 2.19. The molecule has 0 unspecified atom stereocenters. The Morgan fingerprint density at radius 2 is 1.82 bits per heavy atom. The van der Waals surface area contributed by atoms with E-state index in [1.165, 1.54) is 19.1 Å². The Morgan fingerprint density at radius 3 is 2.39 bits per heavy atom. The molecule has 0 saturated carbocycles. The van der Waals surface area contributed by atoms with Crippen LogP contribution < -0.4 is 4.74 Å². The van der Waals surface area contributed by atoms with Gasteiger partial charge < -0.3 is 14.0 Å². The summed E-state index contributed by atoms with van der Waals surface area (Å²) in [7, 11) is -4.66. The maximum Gasteiger partial charge on any atom is 0.349 e. The standard InChI is InChI=1S/C19H19IO7S/c1-11(2)14-9-16(12(3)8-17(14)28(23,24)25)27-18(21)10-26-19(22)13-6-4-5-7-15(13)20/h4-9,11H,10H2,1-3H3,(H,23,24,25)/p-1. The first-order valence-electron chi connectivity index (χ1n) is 8.23. The molecule has 28 heavy (non-hydrogen) atoms. The van der Waals surface area contributed by atoms with Gasteiger partial charge in [-0.15, -0.1) is 0 Å². The number of benzene rings is 2. The Labute approximate surface area is 176 Å². The molecule has 0 fully saturated rings. The van der Waals surface area contributed by atoms with E-state index in [-0.39, 0.29) is 22.1 Å². The van der Waals surface area contributed by atoms with Crippen LogP contribution >= 0.6 is 22.6 Å². The third kappa shape index (κ3) is 5.52. The van der Waals surface area contributed by atoms with Gasteiger partial charge in [0.25, 0.3) is 0 Å². The molecule has 150 valence electrons. The first-order valence-corrected chi connectivity index (χ1v) is 10.7. The van der Waals surface area contributed by atoms with E-state index in [1.807, 2.05) is 22.6 Å². The topological polar surface area (TPSA) is 110 Å². The third-order valence-corrected chi connectivity index (χ3v) is 5.67. The normalized spacial score (nSPS) is 11.4. The first-order chi connectivity index (χ1) is 13.0. The molecule has 0 bridgehead atoms. The Bertz CT molecular complexity index is 1010.